The molecular weight excluding hydrogens is 216 g/mol. The van der Waals surface area contributed by atoms with E-state index in [4.69, 9.17) is 10.5 Å². The van der Waals surface area contributed by atoms with Gasteiger partial charge in [0.15, 0.2) is 0 Å². The maximum atomic E-state index is 11.6. The van der Waals surface area contributed by atoms with Gasteiger partial charge in [-0.25, -0.2) is 0 Å². The number of para-hydroxylation sites is 1. The minimum atomic E-state index is -0.131. The van der Waals surface area contributed by atoms with Crippen LogP contribution in [0.4, 0.5) is 5.69 Å². The Morgan fingerprint density at radius 2 is 2.18 bits per heavy atom. The van der Waals surface area contributed by atoms with Crippen LogP contribution >= 0.6 is 0 Å². The lowest BCUT2D eigenvalue weighted by molar-refractivity contribution is -0.116. The number of nitrogens with two attached hydrogens (primary N) is 1. The molecule has 1 aromatic rings. The topological polar surface area (TPSA) is 64.3 Å². The highest BCUT2D eigenvalue weighted by Gasteiger charge is 2.08. The highest BCUT2D eigenvalue weighted by atomic mass is 16.5. The second-order valence-corrected chi connectivity index (χ2v) is 4.02. The van der Waals surface area contributed by atoms with Crippen molar-refractivity contribution in [3.63, 3.8) is 0 Å². The molecule has 4 heteroatoms. The Bertz CT molecular complexity index is 364. The quantitative estimate of drug-likeness (QED) is 0.793. The van der Waals surface area contributed by atoms with Crippen molar-refractivity contribution in [1.82, 2.24) is 0 Å². The maximum Gasteiger partial charge on any atom is 0.225 e. The van der Waals surface area contributed by atoms with E-state index in [1.165, 1.54) is 0 Å². The van der Waals surface area contributed by atoms with Crippen LogP contribution in [0.25, 0.3) is 0 Å². The first kappa shape index (κ1) is 13.7. The fraction of sp³-hybridized carbons (Fsp3) is 0.462. The first-order chi connectivity index (χ1) is 8.13. The maximum absolute atomic E-state index is 11.6. The van der Waals surface area contributed by atoms with Gasteiger partial charge < -0.3 is 15.8 Å². The molecule has 1 rings (SSSR count). The minimum absolute atomic E-state index is 0.0658. The summed E-state index contributed by atoms with van der Waals surface area (Å²) in [7, 11) is 0. The smallest absolute Gasteiger partial charge is 0.225 e. The highest BCUT2D eigenvalue weighted by Crippen LogP contribution is 2.16. The summed E-state index contributed by atoms with van der Waals surface area (Å²) in [4.78, 5) is 11.6. The van der Waals surface area contributed by atoms with Gasteiger partial charge in [-0.05, 0) is 19.9 Å². The molecular formula is C13H20N2O2. The van der Waals surface area contributed by atoms with Gasteiger partial charge in [0.2, 0.25) is 5.91 Å². The number of anilines is 1. The van der Waals surface area contributed by atoms with Crippen molar-refractivity contribution in [3.8, 4) is 0 Å². The van der Waals surface area contributed by atoms with Crippen molar-refractivity contribution >= 4 is 11.6 Å². The van der Waals surface area contributed by atoms with E-state index in [1.54, 1.807) is 0 Å². The van der Waals surface area contributed by atoms with E-state index < -0.39 is 0 Å². The monoisotopic (exact) mass is 236 g/mol. The fourth-order valence-electron chi connectivity index (χ4n) is 1.47. The molecule has 0 spiro atoms. The standard InChI is InChI=1S/C13H20N2O2/c1-3-17-9-11-6-4-5-7-12(11)15-13(16)8-10(2)14/h4-7,10H,3,8-9,14H2,1-2H3,(H,15,16). The van der Waals surface area contributed by atoms with E-state index in [9.17, 15) is 4.79 Å². The molecule has 1 unspecified atom stereocenters. The number of benzene rings is 1. The summed E-state index contributed by atoms with van der Waals surface area (Å²) in [6, 6.07) is 7.49. The van der Waals surface area contributed by atoms with E-state index in [-0.39, 0.29) is 11.9 Å². The van der Waals surface area contributed by atoms with E-state index in [1.807, 2.05) is 38.1 Å². The molecule has 0 fully saturated rings. The zero-order chi connectivity index (χ0) is 12.7. The lowest BCUT2D eigenvalue weighted by atomic mass is 10.1. The molecule has 0 aliphatic heterocycles. The summed E-state index contributed by atoms with van der Waals surface area (Å²) in [5, 5.41) is 2.85. The molecule has 0 bridgehead atoms. The van der Waals surface area contributed by atoms with Gasteiger partial charge in [-0.15, -0.1) is 0 Å². The first-order valence-electron chi connectivity index (χ1n) is 5.84. The molecule has 1 atom stereocenters. The van der Waals surface area contributed by atoms with Crippen molar-refractivity contribution in [2.24, 2.45) is 5.73 Å². The first-order valence-corrected chi connectivity index (χ1v) is 5.84. The number of hydrogen-bond donors (Lipinski definition) is 2. The van der Waals surface area contributed by atoms with E-state index in [0.717, 1.165) is 11.3 Å². The van der Waals surface area contributed by atoms with Crippen LogP contribution in [-0.4, -0.2) is 18.6 Å². The number of carbonyl (C=O) groups is 1. The van der Waals surface area contributed by atoms with Crippen molar-refractivity contribution in [2.45, 2.75) is 32.9 Å². The van der Waals surface area contributed by atoms with E-state index in [2.05, 4.69) is 5.32 Å². The van der Waals surface area contributed by atoms with Crippen LogP contribution in [0.5, 0.6) is 0 Å². The predicted octanol–water partition coefficient (Wildman–Crippen LogP) is 1.90. The molecule has 1 aromatic carbocycles. The van der Waals surface area contributed by atoms with Gasteiger partial charge >= 0.3 is 0 Å². The van der Waals surface area contributed by atoms with Crippen LogP contribution in [0.3, 0.4) is 0 Å². The van der Waals surface area contributed by atoms with Crippen LogP contribution in [0, 0.1) is 0 Å². The van der Waals surface area contributed by atoms with Crippen molar-refractivity contribution in [1.29, 1.82) is 0 Å². The Balaban J connectivity index is 2.65. The number of nitrogens with one attached hydrogen (secondary N) is 1. The van der Waals surface area contributed by atoms with Crippen LogP contribution in [0.1, 0.15) is 25.8 Å². The molecule has 1 amide bonds. The molecule has 0 aliphatic carbocycles. The van der Waals surface area contributed by atoms with Gasteiger partial charge in [0.1, 0.15) is 0 Å². The summed E-state index contributed by atoms with van der Waals surface area (Å²) in [6.07, 6.45) is 0.322. The SMILES string of the molecule is CCOCc1ccccc1NC(=O)CC(C)N. The number of ether oxygens (including phenoxy) is 1. The molecule has 0 aliphatic rings. The number of rotatable bonds is 6. The second kappa shape index (κ2) is 7.04. The van der Waals surface area contributed by atoms with Crippen LogP contribution in [-0.2, 0) is 16.1 Å². The summed E-state index contributed by atoms with van der Waals surface area (Å²) < 4.78 is 5.35. The predicted molar refractivity (Wildman–Crippen MR) is 68.7 cm³/mol. The molecule has 0 aromatic heterocycles. The normalized spacial score (nSPS) is 12.2. The summed E-state index contributed by atoms with van der Waals surface area (Å²) in [5.74, 6) is -0.0658. The Kier molecular flexibility index (Phi) is 5.66. The number of hydrogen-bond acceptors (Lipinski definition) is 3. The summed E-state index contributed by atoms with van der Waals surface area (Å²) in [6.45, 7) is 4.91. The zero-order valence-corrected chi connectivity index (χ0v) is 10.4. The summed E-state index contributed by atoms with van der Waals surface area (Å²) >= 11 is 0. The molecule has 0 radical (unpaired) electrons. The molecule has 0 saturated carbocycles. The van der Waals surface area contributed by atoms with Gasteiger partial charge in [-0.2, -0.15) is 0 Å². The lowest BCUT2D eigenvalue weighted by Gasteiger charge is -2.11. The zero-order valence-electron chi connectivity index (χ0n) is 10.4. The molecule has 0 saturated heterocycles. The third-order valence-electron chi connectivity index (χ3n) is 2.26. The Hall–Kier alpha value is -1.39. The van der Waals surface area contributed by atoms with Crippen LogP contribution < -0.4 is 11.1 Å². The largest absolute Gasteiger partial charge is 0.377 e. The Labute approximate surface area is 102 Å². The van der Waals surface area contributed by atoms with Gasteiger partial charge in [0, 0.05) is 30.3 Å². The highest BCUT2D eigenvalue weighted by molar-refractivity contribution is 5.91. The van der Waals surface area contributed by atoms with Gasteiger partial charge in [0.25, 0.3) is 0 Å². The average Bonchev–Trinajstić information content (AvgIpc) is 2.26. The van der Waals surface area contributed by atoms with Crippen molar-refractivity contribution in [3.05, 3.63) is 29.8 Å². The van der Waals surface area contributed by atoms with E-state index >= 15 is 0 Å². The Morgan fingerprint density at radius 1 is 1.47 bits per heavy atom. The van der Waals surface area contributed by atoms with Crippen LogP contribution in [0.2, 0.25) is 0 Å². The van der Waals surface area contributed by atoms with Crippen molar-refractivity contribution in [2.75, 3.05) is 11.9 Å². The minimum Gasteiger partial charge on any atom is -0.377 e. The van der Waals surface area contributed by atoms with Gasteiger partial charge in [-0.3, -0.25) is 4.79 Å². The Morgan fingerprint density at radius 3 is 2.82 bits per heavy atom. The van der Waals surface area contributed by atoms with Crippen molar-refractivity contribution < 1.29 is 9.53 Å². The third-order valence-corrected chi connectivity index (χ3v) is 2.26. The summed E-state index contributed by atoms with van der Waals surface area (Å²) in [5.41, 5.74) is 7.36. The lowest BCUT2D eigenvalue weighted by Crippen LogP contribution is -2.24. The van der Waals surface area contributed by atoms with Gasteiger partial charge in [-0.1, -0.05) is 18.2 Å². The number of carbonyl (C=O) groups excluding carboxylic acids is 1. The molecule has 94 valence electrons. The molecule has 3 N–H and O–H groups in total. The molecule has 4 nitrogen and oxygen atoms in total. The fourth-order valence-corrected chi connectivity index (χ4v) is 1.47. The molecule has 0 heterocycles. The average molecular weight is 236 g/mol. The third kappa shape index (κ3) is 4.97. The van der Waals surface area contributed by atoms with Crippen LogP contribution in [0.15, 0.2) is 24.3 Å². The number of amides is 1. The molecule has 17 heavy (non-hydrogen) atoms. The second-order valence-electron chi connectivity index (χ2n) is 4.02. The van der Waals surface area contributed by atoms with E-state index in [0.29, 0.717) is 19.6 Å². The van der Waals surface area contributed by atoms with Gasteiger partial charge in [0.05, 0.1) is 6.61 Å².